The van der Waals surface area contributed by atoms with Crippen LogP contribution in [0.1, 0.15) is 49.2 Å². The van der Waals surface area contributed by atoms with Crippen molar-refractivity contribution in [3.63, 3.8) is 0 Å². The summed E-state index contributed by atoms with van der Waals surface area (Å²) in [6.07, 6.45) is 4.33. The SMILES string of the molecule is CCc1cc(C(=O)OC(C)(C)C)cc(CN)c1-c1ccncc1. The summed E-state index contributed by atoms with van der Waals surface area (Å²) >= 11 is 0. The molecule has 0 aliphatic rings. The van der Waals surface area contributed by atoms with Crippen LogP contribution in [0.4, 0.5) is 0 Å². The van der Waals surface area contributed by atoms with E-state index in [2.05, 4.69) is 11.9 Å². The first-order chi connectivity index (χ1) is 10.9. The van der Waals surface area contributed by atoms with Gasteiger partial charge in [0.25, 0.3) is 0 Å². The molecular formula is C19H24N2O2. The molecule has 2 rings (SSSR count). The van der Waals surface area contributed by atoms with Gasteiger partial charge in [0.2, 0.25) is 0 Å². The van der Waals surface area contributed by atoms with Crippen LogP contribution in [0.5, 0.6) is 0 Å². The largest absolute Gasteiger partial charge is 0.456 e. The summed E-state index contributed by atoms with van der Waals surface area (Å²) in [7, 11) is 0. The van der Waals surface area contributed by atoms with Crippen LogP contribution in [0.3, 0.4) is 0 Å². The lowest BCUT2D eigenvalue weighted by atomic mass is 9.91. The number of aryl methyl sites for hydroxylation is 1. The number of carbonyl (C=O) groups excluding carboxylic acids is 1. The van der Waals surface area contributed by atoms with Crippen molar-refractivity contribution in [2.24, 2.45) is 5.73 Å². The van der Waals surface area contributed by atoms with E-state index >= 15 is 0 Å². The number of rotatable bonds is 4. The van der Waals surface area contributed by atoms with Gasteiger partial charge in [-0.2, -0.15) is 0 Å². The van der Waals surface area contributed by atoms with Crippen molar-refractivity contribution in [3.05, 3.63) is 53.3 Å². The molecule has 122 valence electrons. The lowest BCUT2D eigenvalue weighted by Crippen LogP contribution is -2.24. The summed E-state index contributed by atoms with van der Waals surface area (Å²) in [5, 5.41) is 0. The number of pyridine rings is 1. The number of ether oxygens (including phenoxy) is 1. The van der Waals surface area contributed by atoms with Gasteiger partial charge in [-0.05, 0) is 73.7 Å². The van der Waals surface area contributed by atoms with Crippen LogP contribution in [0.25, 0.3) is 11.1 Å². The van der Waals surface area contributed by atoms with E-state index in [1.165, 1.54) is 0 Å². The van der Waals surface area contributed by atoms with Crippen LogP contribution in [-0.2, 0) is 17.7 Å². The molecule has 1 heterocycles. The molecule has 1 aromatic carbocycles. The van der Waals surface area contributed by atoms with Gasteiger partial charge < -0.3 is 10.5 Å². The summed E-state index contributed by atoms with van der Waals surface area (Å²) in [5.74, 6) is -0.317. The minimum absolute atomic E-state index is 0.317. The Hall–Kier alpha value is -2.20. The summed E-state index contributed by atoms with van der Waals surface area (Å²) in [6, 6.07) is 7.66. The van der Waals surface area contributed by atoms with E-state index in [1.54, 1.807) is 12.4 Å². The highest BCUT2D eigenvalue weighted by molar-refractivity contribution is 5.91. The number of hydrogen-bond donors (Lipinski definition) is 1. The summed E-state index contributed by atoms with van der Waals surface area (Å²) in [6.45, 7) is 8.02. The lowest BCUT2D eigenvalue weighted by Gasteiger charge is -2.21. The van der Waals surface area contributed by atoms with Crippen LogP contribution < -0.4 is 5.73 Å². The Morgan fingerprint density at radius 3 is 2.30 bits per heavy atom. The Bertz CT molecular complexity index is 663. The fourth-order valence-electron chi connectivity index (χ4n) is 2.55. The molecule has 0 saturated heterocycles. The van der Waals surface area contributed by atoms with E-state index in [0.29, 0.717) is 12.1 Å². The molecule has 2 N–H and O–H groups in total. The fraction of sp³-hybridized carbons (Fsp3) is 0.368. The third-order valence-corrected chi connectivity index (χ3v) is 3.51. The average Bonchev–Trinajstić information content (AvgIpc) is 2.52. The second-order valence-corrected chi connectivity index (χ2v) is 6.46. The van der Waals surface area contributed by atoms with E-state index in [1.807, 2.05) is 45.0 Å². The van der Waals surface area contributed by atoms with Crippen LogP contribution in [0, 0.1) is 0 Å². The molecule has 4 nitrogen and oxygen atoms in total. The molecule has 0 fully saturated rings. The highest BCUT2D eigenvalue weighted by Gasteiger charge is 2.20. The number of carbonyl (C=O) groups is 1. The van der Waals surface area contributed by atoms with Gasteiger partial charge >= 0.3 is 5.97 Å². The average molecular weight is 312 g/mol. The predicted octanol–water partition coefficient (Wildman–Crippen LogP) is 3.73. The molecule has 2 aromatic rings. The molecule has 0 aliphatic carbocycles. The maximum Gasteiger partial charge on any atom is 0.338 e. The smallest absolute Gasteiger partial charge is 0.338 e. The molecule has 0 saturated carbocycles. The summed E-state index contributed by atoms with van der Waals surface area (Å²) in [4.78, 5) is 16.4. The first-order valence-electron chi connectivity index (χ1n) is 7.85. The molecule has 1 aromatic heterocycles. The van der Waals surface area contributed by atoms with E-state index in [0.717, 1.165) is 28.7 Å². The Labute approximate surface area is 137 Å². The van der Waals surface area contributed by atoms with Crippen molar-refractivity contribution in [2.45, 2.75) is 46.3 Å². The molecule has 0 aliphatic heterocycles. The number of nitrogens with zero attached hydrogens (tertiary/aromatic N) is 1. The van der Waals surface area contributed by atoms with Crippen LogP contribution >= 0.6 is 0 Å². The Morgan fingerprint density at radius 2 is 1.78 bits per heavy atom. The van der Waals surface area contributed by atoms with Crippen LogP contribution in [-0.4, -0.2) is 16.6 Å². The number of esters is 1. The molecule has 0 bridgehead atoms. The van der Waals surface area contributed by atoms with Gasteiger partial charge in [-0.15, -0.1) is 0 Å². The number of nitrogens with two attached hydrogens (primary N) is 1. The number of hydrogen-bond acceptors (Lipinski definition) is 4. The first kappa shape index (κ1) is 17.2. The fourth-order valence-corrected chi connectivity index (χ4v) is 2.55. The zero-order valence-corrected chi connectivity index (χ0v) is 14.2. The van der Waals surface area contributed by atoms with Gasteiger partial charge in [0.05, 0.1) is 5.56 Å². The monoisotopic (exact) mass is 312 g/mol. The van der Waals surface area contributed by atoms with Gasteiger partial charge in [-0.3, -0.25) is 4.98 Å². The molecule has 0 unspecified atom stereocenters. The zero-order chi connectivity index (χ0) is 17.0. The summed E-state index contributed by atoms with van der Waals surface area (Å²) < 4.78 is 5.48. The second kappa shape index (κ2) is 6.92. The maximum absolute atomic E-state index is 12.4. The highest BCUT2D eigenvalue weighted by Crippen LogP contribution is 2.30. The lowest BCUT2D eigenvalue weighted by molar-refractivity contribution is 0.00693. The first-order valence-corrected chi connectivity index (χ1v) is 7.85. The third kappa shape index (κ3) is 4.17. The van der Waals surface area contributed by atoms with Gasteiger partial charge in [0.1, 0.15) is 5.60 Å². The van der Waals surface area contributed by atoms with E-state index in [4.69, 9.17) is 10.5 Å². The Morgan fingerprint density at radius 1 is 1.17 bits per heavy atom. The molecule has 0 spiro atoms. The zero-order valence-electron chi connectivity index (χ0n) is 14.2. The standard InChI is InChI=1S/C19H24N2O2/c1-5-13-10-15(18(22)23-19(2,3)4)11-16(12-20)17(13)14-6-8-21-9-7-14/h6-11H,5,12,20H2,1-4H3. The van der Waals surface area contributed by atoms with Gasteiger partial charge in [0, 0.05) is 18.9 Å². The Balaban J connectivity index is 2.53. The predicted molar refractivity (Wildman–Crippen MR) is 92.1 cm³/mol. The van der Waals surface area contributed by atoms with Gasteiger partial charge in [-0.1, -0.05) is 6.92 Å². The quantitative estimate of drug-likeness (QED) is 0.874. The molecular weight excluding hydrogens is 288 g/mol. The van der Waals surface area contributed by atoms with Crippen molar-refractivity contribution in [2.75, 3.05) is 0 Å². The van der Waals surface area contributed by atoms with E-state index in [9.17, 15) is 4.79 Å². The van der Waals surface area contributed by atoms with Crippen molar-refractivity contribution < 1.29 is 9.53 Å². The second-order valence-electron chi connectivity index (χ2n) is 6.46. The topological polar surface area (TPSA) is 65.2 Å². The minimum Gasteiger partial charge on any atom is -0.456 e. The van der Waals surface area contributed by atoms with Gasteiger partial charge in [-0.25, -0.2) is 4.79 Å². The molecule has 4 heteroatoms. The van der Waals surface area contributed by atoms with Crippen molar-refractivity contribution >= 4 is 5.97 Å². The van der Waals surface area contributed by atoms with Crippen molar-refractivity contribution in [3.8, 4) is 11.1 Å². The van der Waals surface area contributed by atoms with Gasteiger partial charge in [0.15, 0.2) is 0 Å². The number of benzene rings is 1. The molecule has 0 radical (unpaired) electrons. The third-order valence-electron chi connectivity index (χ3n) is 3.51. The Kier molecular flexibility index (Phi) is 5.16. The maximum atomic E-state index is 12.4. The molecule has 0 atom stereocenters. The van der Waals surface area contributed by atoms with Crippen molar-refractivity contribution in [1.29, 1.82) is 0 Å². The number of aromatic nitrogens is 1. The van der Waals surface area contributed by atoms with Crippen LogP contribution in [0.15, 0.2) is 36.7 Å². The minimum atomic E-state index is -0.518. The molecule has 0 amide bonds. The molecule has 23 heavy (non-hydrogen) atoms. The van der Waals surface area contributed by atoms with Crippen LogP contribution in [0.2, 0.25) is 0 Å². The highest BCUT2D eigenvalue weighted by atomic mass is 16.6. The van der Waals surface area contributed by atoms with E-state index < -0.39 is 5.60 Å². The normalized spacial score (nSPS) is 11.3. The summed E-state index contributed by atoms with van der Waals surface area (Å²) in [5.41, 5.74) is 10.1. The van der Waals surface area contributed by atoms with E-state index in [-0.39, 0.29) is 5.97 Å². The van der Waals surface area contributed by atoms with Crippen molar-refractivity contribution in [1.82, 2.24) is 4.98 Å².